The third-order valence-electron chi connectivity index (χ3n) is 7.57. The number of hydrogen-bond acceptors (Lipinski definition) is 13. The maximum atomic E-state index is 14.8. The van der Waals surface area contributed by atoms with Gasteiger partial charge in [0.1, 0.15) is 16.8 Å². The highest BCUT2D eigenvalue weighted by Crippen LogP contribution is 2.57. The molecule has 2 aromatic rings. The number of hydrogen-bond donors (Lipinski definition) is 1. The second-order valence-electron chi connectivity index (χ2n) is 15.2. The molecule has 1 N–H and O–H groups in total. The summed E-state index contributed by atoms with van der Waals surface area (Å²) >= 11 is 0. The molecule has 2 heterocycles. The van der Waals surface area contributed by atoms with E-state index in [2.05, 4.69) is 5.92 Å². The van der Waals surface area contributed by atoms with Crippen molar-refractivity contribution in [1.29, 1.82) is 0 Å². The summed E-state index contributed by atoms with van der Waals surface area (Å²) < 4.78 is 41.4. The maximum absolute atomic E-state index is 14.8. The predicted octanol–water partition coefficient (Wildman–Crippen LogP) is 4.08. The first-order valence-corrected chi connectivity index (χ1v) is 16.3. The molecule has 2 bridgehead atoms. The first-order chi connectivity index (χ1) is 23.5. The molecule has 2 fully saturated rings. The van der Waals surface area contributed by atoms with Gasteiger partial charge < -0.3 is 38.3 Å². The highest BCUT2D eigenvalue weighted by molar-refractivity contribution is 6.00. The number of esters is 5. The van der Waals surface area contributed by atoms with Crippen LogP contribution in [-0.4, -0.2) is 87.1 Å². The van der Waals surface area contributed by atoms with Gasteiger partial charge in [0.15, 0.2) is 12.2 Å². The molecule has 0 amide bonds. The molecule has 0 unspecified atom stereocenters. The zero-order valence-corrected chi connectivity index (χ0v) is 30.1. The molecule has 6 atom stereocenters. The molecule has 13 nitrogen and oxygen atoms in total. The van der Waals surface area contributed by atoms with Crippen molar-refractivity contribution in [3.63, 3.8) is 0 Å². The second-order valence-corrected chi connectivity index (χ2v) is 15.2. The lowest BCUT2D eigenvalue weighted by molar-refractivity contribution is -0.374. The van der Waals surface area contributed by atoms with Gasteiger partial charge in [-0.1, -0.05) is 36.4 Å². The van der Waals surface area contributed by atoms with Gasteiger partial charge in [0, 0.05) is 0 Å². The van der Waals surface area contributed by atoms with Gasteiger partial charge >= 0.3 is 29.8 Å². The maximum Gasteiger partial charge on any atom is 0.347 e. The van der Waals surface area contributed by atoms with E-state index >= 15 is 0 Å². The fourth-order valence-electron chi connectivity index (χ4n) is 5.69. The van der Waals surface area contributed by atoms with Gasteiger partial charge in [-0.15, -0.1) is 12.3 Å². The molecule has 51 heavy (non-hydrogen) atoms. The van der Waals surface area contributed by atoms with Crippen LogP contribution in [0.25, 0.3) is 0 Å². The molecule has 274 valence electrons. The summed E-state index contributed by atoms with van der Waals surface area (Å²) in [6.45, 7) is 13.4. The Bertz CT molecular complexity index is 1690. The largest absolute Gasteiger partial charge is 0.458 e. The lowest BCUT2D eigenvalue weighted by Crippen LogP contribution is -2.79. The molecule has 2 saturated heterocycles. The molecule has 4 rings (SSSR count). The van der Waals surface area contributed by atoms with Crippen molar-refractivity contribution >= 4 is 29.8 Å². The summed E-state index contributed by atoms with van der Waals surface area (Å²) in [5.41, 5.74) is -10.7. The Labute approximate surface area is 296 Å². The van der Waals surface area contributed by atoms with Crippen LogP contribution in [0.2, 0.25) is 0 Å². The van der Waals surface area contributed by atoms with Crippen LogP contribution < -0.4 is 0 Å². The van der Waals surface area contributed by atoms with Crippen molar-refractivity contribution in [1.82, 2.24) is 0 Å². The number of aliphatic hydroxyl groups is 1. The molecular weight excluding hydrogens is 664 g/mol. The van der Waals surface area contributed by atoms with Gasteiger partial charge in [-0.2, -0.15) is 0 Å². The molecule has 2 aliphatic heterocycles. The lowest BCUT2D eigenvalue weighted by Gasteiger charge is -2.50. The SMILES string of the molecule is C#CC[C@]12O[C@H](C(=O)OC(C)(C)C)[C@@](O)(C(=O)OC(C)(C)C)[C@](C(=O)OC(C)(C)C)(O1)[C@H](OC(=O)c1ccccc1)[C@H]2OC(=O)c1ccccc1. The van der Waals surface area contributed by atoms with Crippen LogP contribution in [-0.2, 0) is 47.5 Å². The Morgan fingerprint density at radius 3 is 1.57 bits per heavy atom. The van der Waals surface area contributed by atoms with E-state index in [1.165, 1.54) is 98.7 Å². The van der Waals surface area contributed by atoms with Crippen molar-refractivity contribution in [2.75, 3.05) is 0 Å². The quantitative estimate of drug-likeness (QED) is 0.237. The first kappa shape index (κ1) is 39.0. The van der Waals surface area contributed by atoms with Gasteiger partial charge in [0.2, 0.25) is 17.5 Å². The summed E-state index contributed by atoms with van der Waals surface area (Å²) in [5.74, 6) is -6.78. The summed E-state index contributed by atoms with van der Waals surface area (Å²) in [4.78, 5) is 71.0. The van der Waals surface area contributed by atoms with Crippen LogP contribution in [0.3, 0.4) is 0 Å². The fraction of sp³-hybridized carbons (Fsp3) is 0.500. The molecule has 2 aromatic carbocycles. The van der Waals surface area contributed by atoms with Crippen LogP contribution >= 0.6 is 0 Å². The highest BCUT2D eigenvalue weighted by Gasteiger charge is 2.88. The Morgan fingerprint density at radius 2 is 1.14 bits per heavy atom. The van der Waals surface area contributed by atoms with Crippen molar-refractivity contribution in [3.8, 4) is 12.3 Å². The number of carbonyl (C=O) groups is 5. The summed E-state index contributed by atoms with van der Waals surface area (Å²) in [7, 11) is 0. The van der Waals surface area contributed by atoms with Crippen LogP contribution in [0.5, 0.6) is 0 Å². The fourth-order valence-corrected chi connectivity index (χ4v) is 5.69. The number of terminal acetylenes is 1. The molecule has 0 radical (unpaired) electrons. The van der Waals surface area contributed by atoms with E-state index < -0.39 is 88.4 Å². The van der Waals surface area contributed by atoms with E-state index in [4.69, 9.17) is 39.6 Å². The number of ether oxygens (including phenoxy) is 7. The molecule has 0 spiro atoms. The third-order valence-corrected chi connectivity index (χ3v) is 7.57. The third kappa shape index (κ3) is 7.78. The zero-order chi connectivity index (χ0) is 38.2. The van der Waals surface area contributed by atoms with E-state index in [1.807, 2.05) is 0 Å². The summed E-state index contributed by atoms with van der Waals surface area (Å²) in [6, 6.07) is 15.1. The van der Waals surface area contributed by atoms with Crippen LogP contribution in [0.4, 0.5) is 0 Å². The first-order valence-electron chi connectivity index (χ1n) is 16.3. The van der Waals surface area contributed by atoms with E-state index in [1.54, 1.807) is 24.3 Å². The number of benzene rings is 2. The van der Waals surface area contributed by atoms with Gasteiger partial charge in [-0.25, -0.2) is 24.0 Å². The molecule has 0 saturated carbocycles. The van der Waals surface area contributed by atoms with Crippen molar-refractivity contribution in [2.24, 2.45) is 0 Å². The molecule has 0 aromatic heterocycles. The average Bonchev–Trinajstić information content (AvgIpc) is 3.24. The number of rotatable bonds is 8. The molecule has 0 aliphatic carbocycles. The highest BCUT2D eigenvalue weighted by atomic mass is 16.8. The smallest absolute Gasteiger partial charge is 0.347 e. The van der Waals surface area contributed by atoms with E-state index in [0.29, 0.717) is 0 Å². The van der Waals surface area contributed by atoms with Gasteiger partial charge in [-0.05, 0) is 86.6 Å². The van der Waals surface area contributed by atoms with Gasteiger partial charge in [0.05, 0.1) is 17.5 Å². The van der Waals surface area contributed by atoms with Crippen LogP contribution in [0, 0.1) is 12.3 Å². The molecule has 2 aliphatic rings. The summed E-state index contributed by atoms with van der Waals surface area (Å²) in [6.07, 6.45) is -1.64. The summed E-state index contributed by atoms with van der Waals surface area (Å²) in [5, 5.41) is 12.9. The van der Waals surface area contributed by atoms with Gasteiger partial charge in [0.25, 0.3) is 5.60 Å². The van der Waals surface area contributed by atoms with Crippen LogP contribution in [0.15, 0.2) is 60.7 Å². The van der Waals surface area contributed by atoms with Crippen molar-refractivity contribution < 1.29 is 62.2 Å². The second kappa shape index (κ2) is 13.7. The molecule has 13 heteroatoms. The average molecular weight is 709 g/mol. The zero-order valence-electron chi connectivity index (χ0n) is 30.1. The minimum absolute atomic E-state index is 0.0142. The number of fused-ring (bicyclic) bond motifs is 2. The standard InChI is InChI=1S/C38H44O13/c1-11-22-36-25(45-28(39)23-18-14-12-15-19-23)26(46-29(40)24-20-16-13-17-21-24)38(51-36,32(43)50-35(8,9)10)37(44,31(42)49-34(5,6)7)27(47-36)30(41)48-33(2,3)4/h1,12-21,25-27,44H,22H2,2-10H3/t25-,26-,27-,36+,37-,38+/m1/s1. The Hall–Kier alpha value is -4.77. The minimum Gasteiger partial charge on any atom is -0.458 e. The topological polar surface area (TPSA) is 170 Å². The number of carbonyl (C=O) groups excluding carboxylic acids is 5. The Morgan fingerprint density at radius 1 is 0.706 bits per heavy atom. The Kier molecular flexibility index (Phi) is 10.5. The monoisotopic (exact) mass is 708 g/mol. The van der Waals surface area contributed by atoms with Crippen molar-refractivity contribution in [3.05, 3.63) is 71.8 Å². The molecular formula is C38H44O13. The van der Waals surface area contributed by atoms with E-state index in [9.17, 15) is 29.1 Å². The normalized spacial score (nSPS) is 27.4. The van der Waals surface area contributed by atoms with Crippen LogP contribution in [0.1, 0.15) is 89.5 Å². The van der Waals surface area contributed by atoms with E-state index in [0.717, 1.165) is 0 Å². The minimum atomic E-state index is -3.54. The van der Waals surface area contributed by atoms with Crippen molar-refractivity contribution in [2.45, 2.75) is 121 Å². The van der Waals surface area contributed by atoms with E-state index in [-0.39, 0.29) is 11.1 Å². The Balaban J connectivity index is 2.11. The lowest BCUT2D eigenvalue weighted by atomic mass is 9.74. The predicted molar refractivity (Wildman–Crippen MR) is 179 cm³/mol. The van der Waals surface area contributed by atoms with Gasteiger partial charge in [-0.3, -0.25) is 0 Å².